The molecule has 0 bridgehead atoms. The van der Waals surface area contributed by atoms with E-state index in [4.69, 9.17) is 0 Å². The molecule has 2 aliphatic heterocycles. The Bertz CT molecular complexity index is 3820. The summed E-state index contributed by atoms with van der Waals surface area (Å²) in [7, 11) is 11.6. The lowest BCUT2D eigenvalue weighted by Gasteiger charge is -2.67. The number of benzene rings is 1. The quantitative estimate of drug-likeness (QED) is 0.183. The van der Waals surface area contributed by atoms with Crippen molar-refractivity contribution in [3.8, 4) is 0 Å². The van der Waals surface area contributed by atoms with E-state index in [1.165, 1.54) is 80.0 Å². The lowest BCUT2D eigenvalue weighted by Crippen LogP contribution is -2.66. The highest BCUT2D eigenvalue weighted by Gasteiger charge is 3.04. The van der Waals surface area contributed by atoms with Gasteiger partial charge in [-0.3, -0.25) is 0 Å². The van der Waals surface area contributed by atoms with Crippen molar-refractivity contribution >= 4 is 11.1 Å². The van der Waals surface area contributed by atoms with Gasteiger partial charge in [0.15, 0.2) is 0 Å². The van der Waals surface area contributed by atoms with Gasteiger partial charge in [-0.1, -0.05) is 16.7 Å². The van der Waals surface area contributed by atoms with Crippen LogP contribution in [0.1, 0.15) is 57.1 Å². The standard InChI is InChI=1S/C68H62N2/c1-69(2)5-65-57-41-25-13-11-9-10-12-14-16-21-31-19(12)29(17(9)25)45(57)47(31)59-49-33(21)24-28(16)44-42-26(14)18(10)30-20(11)32-22-15(13)27-23-34(22)50-54-38-35(23)51(61(65)43(27)41)55-39(38)40-37(53(49)63(55)67(59,65)7-69)36(24)52-56(40)64(54)68-8-70(3,4)6-66(68,62(44)52)58(42)46(30)48(32)60(50)68/h9-23,25,27-32,34-35,38-41,43-48,50-51,54,57-61H,5-8H2,1-4H3/q+2/t9?,10?,11?,12?,13?,14?,15?,16?,17?,18?,19?,20?,21?,22?,23?,25?,27?,28-,29?,30?,31?,32?,34?,35?,38?,39-,40-,41?,43?,44+,45?,46+,47-,48?,50?,51?,54?,57?,58+,59+,60?,61?,65-,66-,67+,68+/m1/s1. The number of hydrogen-bond donors (Lipinski definition) is 0. The van der Waals surface area contributed by atoms with Gasteiger partial charge in [-0.15, -0.1) is 0 Å². The summed E-state index contributed by atoms with van der Waals surface area (Å²) in [5.41, 5.74) is 34.5. The van der Waals surface area contributed by atoms with Crippen LogP contribution in [0.3, 0.4) is 0 Å². The van der Waals surface area contributed by atoms with Crippen molar-refractivity contribution in [2.24, 2.45) is 247 Å². The molecule has 34 unspecified atom stereocenters. The van der Waals surface area contributed by atoms with E-state index in [1.54, 1.807) is 26.2 Å². The molecular weight excluding hydrogens is 845 g/mol. The molecule has 34 rings (SSSR count). The van der Waals surface area contributed by atoms with E-state index in [9.17, 15) is 0 Å². The smallest absolute Gasteiger partial charge is 0.0895 e. The molecule has 342 valence electrons. The molecule has 0 amide bonds. The predicted molar refractivity (Wildman–Crippen MR) is 251 cm³/mol. The number of nitrogens with zero attached hydrogens (tertiary/aromatic N) is 2. The summed E-state index contributed by atoms with van der Waals surface area (Å²) in [6.07, 6.45) is 0. The van der Waals surface area contributed by atoms with E-state index in [0.29, 0.717) is 21.7 Å². The maximum absolute atomic E-state index is 2.91. The van der Waals surface area contributed by atoms with Gasteiger partial charge in [-0.25, -0.2) is 0 Å². The van der Waals surface area contributed by atoms with Crippen LogP contribution in [0.15, 0.2) is 33.4 Å². The zero-order chi connectivity index (χ0) is 42.2. The third-order valence-electron chi connectivity index (χ3n) is 39.7. The molecule has 31 aliphatic carbocycles. The van der Waals surface area contributed by atoms with Crippen molar-refractivity contribution in [1.29, 1.82) is 0 Å². The predicted octanol–water partition coefficient (Wildman–Crippen LogP) is 8.07. The zero-order valence-electron chi connectivity index (χ0n) is 41.0. The van der Waals surface area contributed by atoms with Gasteiger partial charge >= 0.3 is 0 Å². The molecule has 2 nitrogen and oxygen atoms in total. The van der Waals surface area contributed by atoms with Crippen molar-refractivity contribution in [3.63, 3.8) is 0 Å². The lowest BCUT2D eigenvalue weighted by atomic mass is 9.34. The molecule has 33 aliphatic rings. The van der Waals surface area contributed by atoms with Gasteiger partial charge in [0, 0.05) is 23.2 Å². The fourth-order valence-electron chi connectivity index (χ4n) is 45.1. The van der Waals surface area contributed by atoms with Gasteiger partial charge < -0.3 is 8.97 Å². The van der Waals surface area contributed by atoms with Crippen molar-refractivity contribution in [2.45, 2.75) is 23.7 Å². The highest BCUT2D eigenvalue weighted by molar-refractivity contribution is 6.06. The Morgan fingerprint density at radius 3 is 1.71 bits per heavy atom. The first kappa shape index (κ1) is 30.6. The van der Waals surface area contributed by atoms with E-state index in [0.717, 1.165) is 178 Å². The minimum atomic E-state index is 0.471. The monoisotopic (exact) mass is 906 g/mol. The molecule has 0 aromatic heterocycles. The average molecular weight is 907 g/mol. The van der Waals surface area contributed by atoms with Crippen LogP contribution in [0.4, 0.5) is 0 Å². The largest absolute Gasteiger partial charge is 0.327 e. The summed E-state index contributed by atoms with van der Waals surface area (Å²) in [4.78, 5) is 0. The zero-order valence-corrected chi connectivity index (χ0v) is 41.0. The molecule has 1 aromatic rings. The summed E-state index contributed by atoms with van der Waals surface area (Å²) < 4.78 is 2.80. The summed E-state index contributed by atoms with van der Waals surface area (Å²) in [5.74, 6) is 46.0. The third kappa shape index (κ3) is 1.68. The molecule has 22 fully saturated rings. The molecule has 46 atom stereocenters. The Labute approximate surface area is 409 Å². The molecule has 2 saturated heterocycles. The molecule has 1 aromatic carbocycles. The Kier molecular flexibility index (Phi) is 3.02. The normalized spacial score (nSPS) is 85.7. The SMILES string of the molecule is C[N+]1(C)C[C@]23C4=C5C6=C7C8C9C%10C%11C%12C%13C%14C%15C%16C%17C%18=C([C@@H]4[C@H]4c%19c5c5c%20c%21c%19C%19C%22C(C%16C%18C%194)C4C%15C%13C%13C%15C%12C%10C%10C%12C(=C%20[C@@]%16%18C[N+](C)(C)C[C@]%16(C%12%15)C%13C4[C@@H]%22[C@@H]%21%18)[C@H](C8%10)[C@H]65)[C@H]2[C@H]2C%17C%14C%11C2C9[C@@]73C1. The summed E-state index contributed by atoms with van der Waals surface area (Å²) in [5, 5.41) is 0. The molecule has 0 radical (unpaired) electrons. The van der Waals surface area contributed by atoms with Crippen LogP contribution in [0.2, 0.25) is 0 Å². The van der Waals surface area contributed by atoms with Gasteiger partial charge in [-0.05, 0) is 292 Å². The summed E-state index contributed by atoms with van der Waals surface area (Å²) in [6, 6.07) is 0. The number of rotatable bonds is 0. The maximum atomic E-state index is 2.91. The van der Waals surface area contributed by atoms with Crippen molar-refractivity contribution < 1.29 is 8.97 Å². The topological polar surface area (TPSA) is 0 Å². The van der Waals surface area contributed by atoms with E-state index in [-0.39, 0.29) is 0 Å². The van der Waals surface area contributed by atoms with Crippen molar-refractivity contribution in [2.75, 3.05) is 54.4 Å². The second-order valence-corrected chi connectivity index (χ2v) is 37.6. The second-order valence-electron chi connectivity index (χ2n) is 37.6. The van der Waals surface area contributed by atoms with Gasteiger partial charge in [0.25, 0.3) is 0 Å². The van der Waals surface area contributed by atoms with Crippen LogP contribution in [0.5, 0.6) is 0 Å². The minimum Gasteiger partial charge on any atom is -0.327 e. The molecule has 70 heavy (non-hydrogen) atoms. The van der Waals surface area contributed by atoms with Crippen LogP contribution in [-0.4, -0.2) is 63.3 Å². The van der Waals surface area contributed by atoms with E-state index >= 15 is 0 Å². The highest BCUT2D eigenvalue weighted by atomic mass is 15.4. The van der Waals surface area contributed by atoms with Crippen molar-refractivity contribution in [3.05, 3.63) is 66.8 Å². The second kappa shape index (κ2) is 6.90. The van der Waals surface area contributed by atoms with E-state index < -0.39 is 0 Å². The average Bonchev–Trinajstić information content (AvgIpc) is 4.22. The van der Waals surface area contributed by atoms with Gasteiger partial charge in [0.2, 0.25) is 0 Å². The lowest BCUT2D eigenvalue weighted by molar-refractivity contribution is -0.883. The van der Waals surface area contributed by atoms with Gasteiger partial charge in [0.1, 0.15) is 0 Å². The van der Waals surface area contributed by atoms with Crippen LogP contribution < -0.4 is 0 Å². The van der Waals surface area contributed by atoms with Crippen LogP contribution in [-0.2, 0) is 0 Å². The minimum absolute atomic E-state index is 0.471. The first-order valence-electron chi connectivity index (χ1n) is 32.2. The van der Waals surface area contributed by atoms with Crippen LogP contribution in [0.25, 0.3) is 11.1 Å². The molecule has 0 N–H and O–H groups in total. The Morgan fingerprint density at radius 2 is 0.914 bits per heavy atom. The number of hydrogen-bond acceptors (Lipinski definition) is 0. The van der Waals surface area contributed by atoms with Crippen molar-refractivity contribution in [1.82, 2.24) is 0 Å². The van der Waals surface area contributed by atoms with Crippen LogP contribution >= 0.6 is 0 Å². The number of quaternary nitrogens is 2. The third-order valence-corrected chi connectivity index (χ3v) is 39.7. The summed E-state index contributed by atoms with van der Waals surface area (Å²) >= 11 is 0. The molecule has 4 spiro atoms. The first-order chi connectivity index (χ1) is 34.3. The first-order valence-corrected chi connectivity index (χ1v) is 32.2. The Morgan fingerprint density at radius 1 is 0.329 bits per heavy atom. The van der Waals surface area contributed by atoms with E-state index in [2.05, 4.69) is 106 Å². The maximum Gasteiger partial charge on any atom is 0.0895 e. The molecule has 2 heteroatoms. The summed E-state index contributed by atoms with van der Waals surface area (Å²) in [6.45, 7) is 6.37. The number of allylic oxidation sites excluding steroid dienone is 5. The van der Waals surface area contributed by atoms with Gasteiger partial charge in [0.05, 0.1) is 70.6 Å². The van der Waals surface area contributed by atoms with Gasteiger partial charge in [-0.2, -0.15) is 0 Å². The fourth-order valence-corrected chi connectivity index (χ4v) is 45.1. The Hall–Kier alpha value is -1.90. The number of likely N-dealkylation sites (tertiary alicyclic amines) is 2. The molecular formula is C68H62N2+2. The Balaban J connectivity index is 0.930. The fraction of sp³-hybridized carbons (Fsp3) is 0.794. The molecule has 2 heterocycles. The molecule has 20 saturated carbocycles. The highest BCUT2D eigenvalue weighted by Crippen LogP contribution is 3.07. The van der Waals surface area contributed by atoms with Crippen LogP contribution in [0, 0.1) is 247 Å². The van der Waals surface area contributed by atoms with E-state index in [1.807, 2.05) is 0 Å².